The van der Waals surface area contributed by atoms with E-state index in [1.807, 2.05) is 27.2 Å². The molecule has 0 fully saturated rings. The predicted molar refractivity (Wildman–Crippen MR) is 286 cm³/mol. The fourth-order valence-corrected chi connectivity index (χ4v) is 9.08. The minimum atomic E-state index is -4.35. The number of likely N-dealkylation sites (N-methyl/N-ethyl adjacent to an activating group) is 1. The lowest BCUT2D eigenvalue weighted by molar-refractivity contribution is -0.870. The lowest BCUT2D eigenvalue weighted by atomic mass is 10.0. The second-order valence-corrected chi connectivity index (χ2v) is 22.1. The fourth-order valence-electron chi connectivity index (χ4n) is 8.35. The highest BCUT2D eigenvalue weighted by molar-refractivity contribution is 7.47. The number of allylic oxidation sites excluding steroid dienone is 5. The van der Waals surface area contributed by atoms with Crippen molar-refractivity contribution >= 4 is 13.7 Å². The van der Waals surface area contributed by atoms with Gasteiger partial charge in [-0.15, -0.1) is 0 Å². The van der Waals surface area contributed by atoms with E-state index in [1.165, 1.54) is 212 Å². The van der Waals surface area contributed by atoms with Crippen molar-refractivity contribution in [3.63, 3.8) is 0 Å². The number of rotatable bonds is 52. The fraction of sp³-hybridized carbons (Fsp3) is 0.877. The second kappa shape index (κ2) is 48.7. The number of aliphatic hydroxyl groups is 1. The molecule has 0 aromatic carbocycles. The first-order valence-corrected chi connectivity index (χ1v) is 29.9. The summed E-state index contributed by atoms with van der Waals surface area (Å²) in [5.41, 5.74) is 0. The van der Waals surface area contributed by atoms with Gasteiger partial charge in [0.05, 0.1) is 39.9 Å². The third-order valence-electron chi connectivity index (χ3n) is 12.8. The maximum Gasteiger partial charge on any atom is 0.472 e. The zero-order valence-electron chi connectivity index (χ0n) is 44.4. The summed E-state index contributed by atoms with van der Waals surface area (Å²) in [6.07, 6.45) is 62.5. The number of quaternary nitrogens is 1. The molecule has 0 spiro atoms. The molecule has 0 aliphatic heterocycles. The molecule has 0 aliphatic carbocycles. The van der Waals surface area contributed by atoms with Crippen molar-refractivity contribution in [2.75, 3.05) is 40.9 Å². The number of hydrogen-bond acceptors (Lipinski definition) is 5. The van der Waals surface area contributed by atoms with E-state index in [1.54, 1.807) is 6.08 Å². The van der Waals surface area contributed by atoms with Gasteiger partial charge in [0.1, 0.15) is 13.2 Å². The average Bonchev–Trinajstić information content (AvgIpc) is 3.28. The summed E-state index contributed by atoms with van der Waals surface area (Å²) in [5.74, 6) is -0.189. The Kier molecular flexibility index (Phi) is 47.8. The number of amides is 1. The number of nitrogens with zero attached hydrogens (tertiary/aromatic N) is 1. The highest BCUT2D eigenvalue weighted by Gasteiger charge is 2.27. The Hall–Kier alpha value is -1.28. The van der Waals surface area contributed by atoms with Crippen molar-refractivity contribution in [1.82, 2.24) is 5.32 Å². The number of unbranched alkanes of at least 4 members (excludes halogenated alkanes) is 35. The molecule has 1 amide bonds. The average molecular weight is 953 g/mol. The summed E-state index contributed by atoms with van der Waals surface area (Å²) in [6.45, 7) is 4.82. The quantitative estimate of drug-likeness (QED) is 0.0243. The van der Waals surface area contributed by atoms with Gasteiger partial charge in [-0.2, -0.15) is 0 Å². The molecule has 0 aromatic rings. The topological polar surface area (TPSA) is 105 Å². The lowest BCUT2D eigenvalue weighted by Crippen LogP contribution is -2.45. The summed E-state index contributed by atoms with van der Waals surface area (Å²) in [5, 5.41) is 13.9. The number of phosphoric acid groups is 1. The summed E-state index contributed by atoms with van der Waals surface area (Å²) < 4.78 is 23.7. The van der Waals surface area contributed by atoms with Crippen molar-refractivity contribution in [3.8, 4) is 0 Å². The Bertz CT molecular complexity index is 1170. The second-order valence-electron chi connectivity index (χ2n) is 20.7. The molecule has 0 radical (unpaired) electrons. The maximum absolute atomic E-state index is 12.9. The molecular formula is C57H112N2O6P+. The molecule has 0 heterocycles. The van der Waals surface area contributed by atoms with Crippen LogP contribution < -0.4 is 5.32 Å². The van der Waals surface area contributed by atoms with Gasteiger partial charge < -0.3 is 19.8 Å². The van der Waals surface area contributed by atoms with E-state index in [4.69, 9.17) is 9.05 Å². The van der Waals surface area contributed by atoms with Crippen molar-refractivity contribution in [2.45, 2.75) is 283 Å². The van der Waals surface area contributed by atoms with Crippen LogP contribution in [-0.2, 0) is 18.4 Å². The van der Waals surface area contributed by atoms with Crippen molar-refractivity contribution < 1.29 is 32.9 Å². The van der Waals surface area contributed by atoms with Gasteiger partial charge in [0, 0.05) is 6.42 Å². The summed E-state index contributed by atoms with van der Waals surface area (Å²) in [4.78, 5) is 23.3. The lowest BCUT2D eigenvalue weighted by Gasteiger charge is -2.25. The van der Waals surface area contributed by atoms with Crippen LogP contribution in [0.2, 0.25) is 0 Å². The number of hydrogen-bond donors (Lipinski definition) is 3. The minimum absolute atomic E-state index is 0.0558. The van der Waals surface area contributed by atoms with Crippen LogP contribution in [0.25, 0.3) is 0 Å². The molecule has 390 valence electrons. The number of carbonyl (C=O) groups is 1. The number of nitrogens with one attached hydrogen (secondary N) is 1. The Morgan fingerprint density at radius 1 is 0.500 bits per heavy atom. The van der Waals surface area contributed by atoms with Gasteiger partial charge in [-0.1, -0.05) is 243 Å². The zero-order chi connectivity index (χ0) is 48.5. The monoisotopic (exact) mass is 952 g/mol. The van der Waals surface area contributed by atoms with Gasteiger partial charge in [-0.25, -0.2) is 4.57 Å². The van der Waals surface area contributed by atoms with E-state index < -0.39 is 20.0 Å². The van der Waals surface area contributed by atoms with E-state index in [2.05, 4.69) is 43.5 Å². The van der Waals surface area contributed by atoms with Crippen LogP contribution in [0.5, 0.6) is 0 Å². The van der Waals surface area contributed by atoms with Crippen LogP contribution in [0.15, 0.2) is 36.5 Å². The molecule has 3 N–H and O–H groups in total. The summed E-state index contributed by atoms with van der Waals surface area (Å²) >= 11 is 0. The Labute approximate surface area is 410 Å². The van der Waals surface area contributed by atoms with Crippen LogP contribution in [0.1, 0.15) is 271 Å². The van der Waals surface area contributed by atoms with Gasteiger partial charge in [0.2, 0.25) is 5.91 Å². The largest absolute Gasteiger partial charge is 0.472 e. The maximum atomic E-state index is 12.9. The van der Waals surface area contributed by atoms with Crippen molar-refractivity contribution in [2.24, 2.45) is 0 Å². The molecule has 0 saturated heterocycles. The first-order chi connectivity index (χ1) is 32.0. The van der Waals surface area contributed by atoms with Gasteiger partial charge >= 0.3 is 7.82 Å². The Morgan fingerprint density at radius 2 is 0.833 bits per heavy atom. The first kappa shape index (κ1) is 64.7. The molecule has 0 rings (SSSR count). The third-order valence-corrected chi connectivity index (χ3v) is 13.8. The van der Waals surface area contributed by atoms with Gasteiger partial charge in [0.25, 0.3) is 0 Å². The number of aliphatic hydroxyl groups excluding tert-OH is 1. The van der Waals surface area contributed by atoms with Crippen molar-refractivity contribution in [3.05, 3.63) is 36.5 Å². The van der Waals surface area contributed by atoms with E-state index in [0.29, 0.717) is 17.4 Å². The van der Waals surface area contributed by atoms with Crippen LogP contribution in [0, 0.1) is 0 Å². The molecule has 0 saturated carbocycles. The van der Waals surface area contributed by atoms with Crippen molar-refractivity contribution in [1.29, 1.82) is 0 Å². The minimum Gasteiger partial charge on any atom is -0.387 e. The van der Waals surface area contributed by atoms with Crippen LogP contribution in [0.3, 0.4) is 0 Å². The van der Waals surface area contributed by atoms with E-state index in [9.17, 15) is 19.4 Å². The smallest absolute Gasteiger partial charge is 0.387 e. The molecule has 8 nitrogen and oxygen atoms in total. The Morgan fingerprint density at radius 3 is 1.21 bits per heavy atom. The standard InChI is InChI=1S/C57H111N2O6P/c1-6-8-10-12-14-16-18-20-22-24-26-27-28-29-30-31-32-33-34-36-38-40-42-44-46-48-50-56(60)55(54-65-66(62,63)64-53-52-59(3,4)5)58-57(61)51-49-47-45-43-41-39-37-35-25-23-21-19-17-15-13-11-9-7-2/h23,25,40,42,48,50,55-56,60H,6-22,24,26-39,41,43-47,49,51-54H2,1-5H3,(H-,58,61,62,63)/p+1/b25-23-,42-40+,50-48+. The normalized spacial score (nSPS) is 14.2. The van der Waals surface area contributed by atoms with E-state index in [0.717, 1.165) is 38.5 Å². The van der Waals surface area contributed by atoms with E-state index in [-0.39, 0.29) is 19.1 Å². The zero-order valence-corrected chi connectivity index (χ0v) is 45.3. The molecule has 3 unspecified atom stereocenters. The summed E-state index contributed by atoms with van der Waals surface area (Å²) in [7, 11) is 1.56. The molecule has 9 heteroatoms. The number of phosphoric ester groups is 1. The molecule has 3 atom stereocenters. The predicted octanol–water partition coefficient (Wildman–Crippen LogP) is 17.0. The SMILES string of the molecule is CCCCCCCCC/C=C\CCCCCCCCCC(=O)NC(COP(=O)(O)OCC[N+](C)(C)C)C(O)/C=C/CC/C=C/CCCCCCCCCCCCCCCCCCCCCC. The first-order valence-electron chi connectivity index (χ1n) is 28.4. The van der Waals surface area contributed by atoms with Crippen LogP contribution in [-0.4, -0.2) is 73.4 Å². The van der Waals surface area contributed by atoms with Crippen LogP contribution >= 0.6 is 7.82 Å². The van der Waals surface area contributed by atoms with Gasteiger partial charge in [-0.3, -0.25) is 13.8 Å². The van der Waals surface area contributed by atoms with Gasteiger partial charge in [0.15, 0.2) is 0 Å². The molecule has 66 heavy (non-hydrogen) atoms. The molecule has 0 aromatic heterocycles. The Balaban J connectivity index is 4.25. The molecule has 0 bridgehead atoms. The third kappa shape index (κ3) is 50.6. The van der Waals surface area contributed by atoms with Gasteiger partial charge in [-0.05, 0) is 57.8 Å². The summed E-state index contributed by atoms with van der Waals surface area (Å²) in [6, 6.07) is -0.865. The van der Waals surface area contributed by atoms with E-state index >= 15 is 0 Å². The van der Waals surface area contributed by atoms with Crippen LogP contribution in [0.4, 0.5) is 0 Å². The highest BCUT2D eigenvalue weighted by Crippen LogP contribution is 2.43. The molecular weight excluding hydrogens is 840 g/mol. The number of carbonyl (C=O) groups excluding carboxylic acids is 1. The highest BCUT2D eigenvalue weighted by atomic mass is 31.2. The molecule has 0 aliphatic rings.